The molecule has 0 aromatic heterocycles. The molecule has 0 saturated heterocycles. The minimum absolute atomic E-state index is 0.0987. The Kier molecular flexibility index (Phi) is 10.9. The molecule has 0 aliphatic rings. The Hall–Kier alpha value is -0.460. The highest BCUT2D eigenvalue weighted by Gasteiger charge is 2.26. The van der Waals surface area contributed by atoms with Gasteiger partial charge in [0, 0.05) is 22.8 Å². The number of nitrogens with one attached hydrogen (secondary N) is 1. The molecule has 0 radical (unpaired) electrons. The third-order valence-electron chi connectivity index (χ3n) is 3.24. The lowest BCUT2D eigenvalue weighted by molar-refractivity contribution is -0.124. The Morgan fingerprint density at radius 2 is 1.86 bits per heavy atom. The van der Waals surface area contributed by atoms with Crippen LogP contribution in [0.2, 0.25) is 0 Å². The van der Waals surface area contributed by atoms with Crippen molar-refractivity contribution in [1.29, 1.82) is 0 Å². The summed E-state index contributed by atoms with van der Waals surface area (Å²) in [6.07, 6.45) is 7.09. The Balaban J connectivity index is 4.93. The second-order valence-corrected chi connectivity index (χ2v) is 8.10. The maximum atomic E-state index is 12.6. The monoisotopic (exact) mass is 347 g/mol. The second-order valence-electron chi connectivity index (χ2n) is 6.14. The molecule has 2 atom stereocenters. The van der Waals surface area contributed by atoms with Gasteiger partial charge in [0.25, 0.3) is 0 Å². The zero-order valence-corrected chi connectivity index (χ0v) is 16.1. The molecule has 22 heavy (non-hydrogen) atoms. The molecule has 128 valence electrons. The van der Waals surface area contributed by atoms with Gasteiger partial charge in [-0.1, -0.05) is 6.92 Å². The van der Waals surface area contributed by atoms with Crippen LogP contribution in [0.3, 0.4) is 0 Å². The number of rotatable bonds is 11. The van der Waals surface area contributed by atoms with Gasteiger partial charge in [-0.3, -0.25) is 9.59 Å². The smallest absolute Gasteiger partial charge is 0.207 e. The molecule has 0 aromatic carbocycles. The normalized spacial score (nSPS) is 14.1. The minimum Gasteiger partial charge on any atom is -0.375 e. The fourth-order valence-electron chi connectivity index (χ4n) is 1.86. The average Bonchev–Trinajstić information content (AvgIpc) is 2.43. The van der Waals surface area contributed by atoms with Gasteiger partial charge >= 0.3 is 0 Å². The molecule has 0 spiro atoms. The molecule has 0 aliphatic carbocycles. The number of thioether (sulfide) groups is 2. The van der Waals surface area contributed by atoms with Gasteiger partial charge < -0.3 is 10.1 Å². The summed E-state index contributed by atoms with van der Waals surface area (Å²) in [7, 11) is 0. The van der Waals surface area contributed by atoms with Crippen molar-refractivity contribution in [2.24, 2.45) is 11.8 Å². The molecule has 6 heteroatoms. The van der Waals surface area contributed by atoms with Crippen molar-refractivity contribution in [3.05, 3.63) is 10.3 Å². The van der Waals surface area contributed by atoms with Crippen LogP contribution in [0.25, 0.3) is 0 Å². The van der Waals surface area contributed by atoms with Crippen LogP contribution in [0.1, 0.15) is 34.1 Å². The standard InChI is InChI=1S/C16H29NO3S2/c1-12(7-8-17-11-18)13(10-20-16(2,3)4)14(19)9-15(21-5)22-6/h9,11-13H,7-8,10H2,1-6H3,(H,17,18). The highest BCUT2D eigenvalue weighted by Crippen LogP contribution is 2.26. The molecule has 0 bridgehead atoms. The summed E-state index contributed by atoms with van der Waals surface area (Å²) in [6.45, 7) is 8.96. The topological polar surface area (TPSA) is 55.4 Å². The van der Waals surface area contributed by atoms with Crippen molar-refractivity contribution < 1.29 is 14.3 Å². The maximum absolute atomic E-state index is 12.6. The van der Waals surface area contributed by atoms with E-state index < -0.39 is 0 Å². The van der Waals surface area contributed by atoms with Crippen molar-refractivity contribution >= 4 is 35.7 Å². The van der Waals surface area contributed by atoms with Crippen LogP contribution in [-0.2, 0) is 14.3 Å². The number of hydrogen-bond donors (Lipinski definition) is 1. The number of ketones is 1. The van der Waals surface area contributed by atoms with Crippen LogP contribution in [0.4, 0.5) is 0 Å². The van der Waals surface area contributed by atoms with E-state index in [1.54, 1.807) is 29.6 Å². The zero-order chi connectivity index (χ0) is 17.2. The summed E-state index contributed by atoms with van der Waals surface area (Å²) in [6, 6.07) is 0. The van der Waals surface area contributed by atoms with Crippen LogP contribution in [0.5, 0.6) is 0 Å². The van der Waals surface area contributed by atoms with Crippen molar-refractivity contribution in [3.63, 3.8) is 0 Å². The first kappa shape index (κ1) is 21.5. The summed E-state index contributed by atoms with van der Waals surface area (Å²) in [5, 5.41) is 2.65. The van der Waals surface area contributed by atoms with Gasteiger partial charge in [0.1, 0.15) is 0 Å². The van der Waals surface area contributed by atoms with E-state index in [4.69, 9.17) is 4.74 Å². The van der Waals surface area contributed by atoms with Crippen molar-refractivity contribution in [2.75, 3.05) is 25.7 Å². The Labute approximate surface area is 143 Å². The quantitative estimate of drug-likeness (QED) is 0.353. The molecule has 1 N–H and O–H groups in total. The van der Waals surface area contributed by atoms with E-state index in [0.29, 0.717) is 19.6 Å². The average molecular weight is 348 g/mol. The lowest BCUT2D eigenvalue weighted by Crippen LogP contribution is -2.32. The van der Waals surface area contributed by atoms with E-state index in [9.17, 15) is 9.59 Å². The third kappa shape index (κ3) is 9.54. The Morgan fingerprint density at radius 1 is 1.27 bits per heavy atom. The fraction of sp³-hybridized carbons (Fsp3) is 0.750. The fourth-order valence-corrected chi connectivity index (χ4v) is 3.00. The van der Waals surface area contributed by atoms with E-state index in [0.717, 1.165) is 10.7 Å². The van der Waals surface area contributed by atoms with Gasteiger partial charge in [0.2, 0.25) is 6.41 Å². The lowest BCUT2D eigenvalue weighted by atomic mass is 9.88. The predicted octanol–water partition coefficient (Wildman–Crippen LogP) is 3.33. The highest BCUT2D eigenvalue weighted by molar-refractivity contribution is 8.21. The van der Waals surface area contributed by atoms with E-state index in [-0.39, 0.29) is 23.2 Å². The van der Waals surface area contributed by atoms with Gasteiger partial charge in [-0.15, -0.1) is 23.5 Å². The molecule has 1 amide bonds. The maximum Gasteiger partial charge on any atom is 0.207 e. The first-order valence-corrected chi connectivity index (χ1v) is 9.84. The lowest BCUT2D eigenvalue weighted by Gasteiger charge is -2.27. The molecule has 0 saturated carbocycles. The van der Waals surface area contributed by atoms with E-state index in [1.807, 2.05) is 40.2 Å². The minimum atomic E-state index is -0.273. The molecular formula is C16H29NO3S2. The molecule has 0 rings (SSSR count). The number of carbonyl (C=O) groups is 2. The van der Waals surface area contributed by atoms with Crippen LogP contribution in [-0.4, -0.2) is 43.5 Å². The van der Waals surface area contributed by atoms with Gasteiger partial charge in [-0.25, -0.2) is 0 Å². The number of amides is 1. The third-order valence-corrected chi connectivity index (χ3v) is 5.28. The first-order chi connectivity index (χ1) is 10.2. The summed E-state index contributed by atoms with van der Waals surface area (Å²) in [5.74, 6) is 0.0482. The summed E-state index contributed by atoms with van der Waals surface area (Å²) < 4.78 is 6.84. The van der Waals surface area contributed by atoms with E-state index >= 15 is 0 Å². The Morgan fingerprint density at radius 3 is 2.32 bits per heavy atom. The van der Waals surface area contributed by atoms with Gasteiger partial charge in [0.15, 0.2) is 5.78 Å². The number of allylic oxidation sites excluding steroid dienone is 1. The largest absolute Gasteiger partial charge is 0.375 e. The van der Waals surface area contributed by atoms with Crippen molar-refractivity contribution in [2.45, 2.75) is 39.7 Å². The second kappa shape index (κ2) is 11.1. The van der Waals surface area contributed by atoms with Crippen LogP contribution in [0.15, 0.2) is 10.3 Å². The molecule has 2 unspecified atom stereocenters. The molecular weight excluding hydrogens is 318 g/mol. The van der Waals surface area contributed by atoms with Crippen molar-refractivity contribution in [3.8, 4) is 0 Å². The van der Waals surface area contributed by atoms with Crippen LogP contribution in [0, 0.1) is 11.8 Å². The van der Waals surface area contributed by atoms with Crippen LogP contribution < -0.4 is 5.32 Å². The molecule has 0 aliphatic heterocycles. The van der Waals surface area contributed by atoms with E-state index in [1.165, 1.54) is 0 Å². The zero-order valence-electron chi connectivity index (χ0n) is 14.5. The van der Waals surface area contributed by atoms with Gasteiger partial charge in [-0.2, -0.15) is 0 Å². The van der Waals surface area contributed by atoms with E-state index in [2.05, 4.69) is 5.32 Å². The molecule has 0 aromatic rings. The first-order valence-electron chi connectivity index (χ1n) is 7.39. The highest BCUT2D eigenvalue weighted by atomic mass is 32.2. The number of carbonyl (C=O) groups excluding carboxylic acids is 2. The van der Waals surface area contributed by atoms with Gasteiger partial charge in [0.05, 0.1) is 12.2 Å². The predicted molar refractivity (Wildman–Crippen MR) is 97.2 cm³/mol. The molecule has 0 heterocycles. The summed E-state index contributed by atoms with van der Waals surface area (Å²) in [5.41, 5.74) is -0.273. The number of hydrogen-bond acceptors (Lipinski definition) is 5. The molecule has 0 fully saturated rings. The SMILES string of the molecule is CSC(=CC(=O)C(COC(C)(C)C)C(C)CCNC=O)SC. The Bertz CT molecular complexity index is 372. The number of ether oxygens (including phenoxy) is 1. The summed E-state index contributed by atoms with van der Waals surface area (Å²) >= 11 is 3.15. The van der Waals surface area contributed by atoms with Crippen LogP contribution >= 0.6 is 23.5 Å². The van der Waals surface area contributed by atoms with Gasteiger partial charge in [-0.05, 0) is 45.6 Å². The van der Waals surface area contributed by atoms with Crippen molar-refractivity contribution in [1.82, 2.24) is 5.32 Å². The summed E-state index contributed by atoms with van der Waals surface area (Å²) in [4.78, 5) is 22.9. The molecule has 4 nitrogen and oxygen atoms in total.